The Labute approximate surface area is 144 Å². The summed E-state index contributed by atoms with van der Waals surface area (Å²) in [5, 5.41) is 15.1. The Bertz CT molecular complexity index is 629. The number of hydrogen-bond acceptors (Lipinski definition) is 5. The largest absolute Gasteiger partial charge is 0.397 e. The van der Waals surface area contributed by atoms with Gasteiger partial charge in [0.15, 0.2) is 0 Å². The standard InChI is InChI=1S/C18H27N5O/c1-12-4-6-13(7-5-12)22-18(24)14-10-15(20)16(21-2)11-17(14)23(3)9-8-19/h10-13,21H,4-7,9,20H2,1-3H3,(H,22,24)/t12-,13-. The monoisotopic (exact) mass is 329 g/mol. The number of carbonyl (C=O) groups is 1. The summed E-state index contributed by atoms with van der Waals surface area (Å²) in [5.41, 5.74) is 8.53. The van der Waals surface area contributed by atoms with Crippen LogP contribution in [0.15, 0.2) is 12.1 Å². The van der Waals surface area contributed by atoms with Gasteiger partial charge < -0.3 is 21.3 Å². The summed E-state index contributed by atoms with van der Waals surface area (Å²) in [5.74, 6) is 0.615. The van der Waals surface area contributed by atoms with Gasteiger partial charge in [-0.1, -0.05) is 6.92 Å². The topological polar surface area (TPSA) is 94.2 Å². The third-order valence-corrected chi connectivity index (χ3v) is 4.75. The molecule has 0 unspecified atom stereocenters. The number of nitrogens with zero attached hydrogens (tertiary/aromatic N) is 2. The predicted molar refractivity (Wildman–Crippen MR) is 98.2 cm³/mol. The summed E-state index contributed by atoms with van der Waals surface area (Å²) in [7, 11) is 3.58. The van der Waals surface area contributed by atoms with Crippen LogP contribution in [0.4, 0.5) is 17.1 Å². The van der Waals surface area contributed by atoms with Crippen LogP contribution in [0.2, 0.25) is 0 Å². The quantitative estimate of drug-likeness (QED) is 0.570. The lowest BCUT2D eigenvalue weighted by atomic mass is 9.87. The number of rotatable bonds is 5. The summed E-state index contributed by atoms with van der Waals surface area (Å²) < 4.78 is 0. The molecule has 0 aromatic heterocycles. The van der Waals surface area contributed by atoms with Gasteiger partial charge in [-0.15, -0.1) is 0 Å². The number of nitrogens with one attached hydrogen (secondary N) is 2. The molecule has 1 fully saturated rings. The van der Waals surface area contributed by atoms with E-state index in [2.05, 4.69) is 23.6 Å². The van der Waals surface area contributed by atoms with Gasteiger partial charge in [0.25, 0.3) is 5.91 Å². The third-order valence-electron chi connectivity index (χ3n) is 4.75. The highest BCUT2D eigenvalue weighted by molar-refractivity contribution is 6.02. The first-order chi connectivity index (χ1) is 11.5. The molecule has 0 radical (unpaired) electrons. The van der Waals surface area contributed by atoms with Gasteiger partial charge in [0.1, 0.15) is 6.54 Å². The Morgan fingerprint density at radius 3 is 2.62 bits per heavy atom. The Balaban J connectivity index is 2.25. The summed E-state index contributed by atoms with van der Waals surface area (Å²) in [6.45, 7) is 2.46. The Kier molecular flexibility index (Phi) is 5.91. The summed E-state index contributed by atoms with van der Waals surface area (Å²) >= 11 is 0. The normalized spacial score (nSPS) is 20.1. The fraction of sp³-hybridized carbons (Fsp3) is 0.556. The van der Waals surface area contributed by atoms with Crippen molar-refractivity contribution < 1.29 is 4.79 Å². The maximum Gasteiger partial charge on any atom is 0.253 e. The van der Waals surface area contributed by atoms with Crippen molar-refractivity contribution in [1.29, 1.82) is 5.26 Å². The number of anilines is 3. The molecule has 1 aliphatic carbocycles. The van der Waals surface area contributed by atoms with E-state index in [0.29, 0.717) is 16.9 Å². The lowest BCUT2D eigenvalue weighted by molar-refractivity contribution is 0.0923. The Morgan fingerprint density at radius 1 is 1.38 bits per heavy atom. The van der Waals surface area contributed by atoms with Crippen LogP contribution < -0.4 is 21.3 Å². The molecule has 1 amide bonds. The molecule has 2 rings (SSSR count). The number of nitrogens with two attached hydrogens (primary N) is 1. The Morgan fingerprint density at radius 2 is 2.04 bits per heavy atom. The molecule has 4 N–H and O–H groups in total. The number of nitrogen functional groups attached to an aromatic ring is 1. The van der Waals surface area contributed by atoms with Gasteiger partial charge in [0.2, 0.25) is 0 Å². The van der Waals surface area contributed by atoms with Crippen LogP contribution in [0.3, 0.4) is 0 Å². The number of carbonyl (C=O) groups excluding carboxylic acids is 1. The second-order valence-corrected chi connectivity index (χ2v) is 6.65. The molecule has 0 saturated heterocycles. The van der Waals surface area contributed by atoms with Crippen LogP contribution in [-0.4, -0.2) is 32.6 Å². The summed E-state index contributed by atoms with van der Waals surface area (Å²) in [6.07, 6.45) is 4.32. The molecule has 0 atom stereocenters. The fourth-order valence-electron chi connectivity index (χ4n) is 3.18. The van der Waals surface area contributed by atoms with Crippen LogP contribution in [0.1, 0.15) is 43.0 Å². The van der Waals surface area contributed by atoms with Crippen molar-refractivity contribution in [3.63, 3.8) is 0 Å². The molecule has 1 aromatic carbocycles. The molecule has 1 aliphatic rings. The van der Waals surface area contributed by atoms with E-state index in [9.17, 15) is 4.79 Å². The molecule has 6 heteroatoms. The minimum absolute atomic E-state index is 0.122. The van der Waals surface area contributed by atoms with Crippen LogP contribution in [0.25, 0.3) is 0 Å². The number of hydrogen-bond donors (Lipinski definition) is 3. The van der Waals surface area contributed by atoms with E-state index >= 15 is 0 Å². The molecule has 0 spiro atoms. The van der Waals surface area contributed by atoms with E-state index in [0.717, 1.165) is 37.3 Å². The lowest BCUT2D eigenvalue weighted by Crippen LogP contribution is -2.38. The smallest absolute Gasteiger partial charge is 0.253 e. The van der Waals surface area contributed by atoms with Gasteiger partial charge in [-0.05, 0) is 43.7 Å². The molecule has 0 aliphatic heterocycles. The highest BCUT2D eigenvalue weighted by Crippen LogP contribution is 2.30. The zero-order valence-electron chi connectivity index (χ0n) is 14.7. The maximum atomic E-state index is 12.8. The first-order valence-electron chi connectivity index (χ1n) is 8.46. The molecule has 130 valence electrons. The highest BCUT2D eigenvalue weighted by atomic mass is 16.1. The van der Waals surface area contributed by atoms with E-state index in [1.54, 1.807) is 25.1 Å². The molecule has 0 bridgehead atoms. The van der Waals surface area contributed by atoms with E-state index < -0.39 is 0 Å². The number of benzene rings is 1. The van der Waals surface area contributed by atoms with Crippen LogP contribution in [0.5, 0.6) is 0 Å². The number of amides is 1. The predicted octanol–water partition coefficient (Wildman–Crippen LogP) is 2.58. The average Bonchev–Trinajstić information content (AvgIpc) is 2.56. The second-order valence-electron chi connectivity index (χ2n) is 6.65. The molecule has 0 heterocycles. The Hall–Kier alpha value is -2.42. The summed E-state index contributed by atoms with van der Waals surface area (Å²) in [4.78, 5) is 14.5. The van der Waals surface area contributed by atoms with E-state index in [-0.39, 0.29) is 18.5 Å². The lowest BCUT2D eigenvalue weighted by Gasteiger charge is -2.28. The average molecular weight is 329 g/mol. The molecule has 24 heavy (non-hydrogen) atoms. The maximum absolute atomic E-state index is 12.8. The fourth-order valence-corrected chi connectivity index (χ4v) is 3.18. The highest BCUT2D eigenvalue weighted by Gasteiger charge is 2.23. The van der Waals surface area contributed by atoms with Gasteiger partial charge >= 0.3 is 0 Å². The van der Waals surface area contributed by atoms with Crippen molar-refractivity contribution in [2.24, 2.45) is 5.92 Å². The SMILES string of the molecule is CNc1cc(N(C)CC#N)c(C(=O)N[C@H]2CC[C@H](C)CC2)cc1N. The first kappa shape index (κ1) is 17.9. The van der Waals surface area contributed by atoms with Crippen molar-refractivity contribution in [3.8, 4) is 6.07 Å². The van der Waals surface area contributed by atoms with Gasteiger partial charge in [0.05, 0.1) is 28.7 Å². The molecule has 6 nitrogen and oxygen atoms in total. The van der Waals surface area contributed by atoms with Gasteiger partial charge in [0, 0.05) is 20.1 Å². The summed E-state index contributed by atoms with van der Waals surface area (Å²) in [6, 6.07) is 5.84. The van der Waals surface area contributed by atoms with Gasteiger partial charge in [-0.25, -0.2) is 0 Å². The molecule has 1 saturated carbocycles. The first-order valence-corrected chi connectivity index (χ1v) is 8.46. The second kappa shape index (κ2) is 7.91. The van der Waals surface area contributed by atoms with Crippen LogP contribution in [-0.2, 0) is 0 Å². The van der Waals surface area contributed by atoms with Gasteiger partial charge in [-0.3, -0.25) is 4.79 Å². The van der Waals surface area contributed by atoms with Crippen molar-refractivity contribution >= 4 is 23.0 Å². The van der Waals surface area contributed by atoms with Crippen LogP contribution >= 0.6 is 0 Å². The van der Waals surface area contributed by atoms with E-state index in [1.807, 2.05) is 6.07 Å². The van der Waals surface area contributed by atoms with Crippen molar-refractivity contribution in [3.05, 3.63) is 17.7 Å². The number of nitriles is 1. The van der Waals surface area contributed by atoms with Crippen molar-refractivity contribution in [1.82, 2.24) is 5.32 Å². The minimum Gasteiger partial charge on any atom is -0.397 e. The molecular weight excluding hydrogens is 302 g/mol. The van der Waals surface area contributed by atoms with Crippen molar-refractivity contribution in [2.45, 2.75) is 38.6 Å². The third kappa shape index (κ3) is 4.10. The zero-order chi connectivity index (χ0) is 17.7. The van der Waals surface area contributed by atoms with E-state index in [4.69, 9.17) is 11.0 Å². The van der Waals surface area contributed by atoms with Crippen molar-refractivity contribution in [2.75, 3.05) is 36.6 Å². The van der Waals surface area contributed by atoms with Crippen LogP contribution in [0, 0.1) is 17.2 Å². The molecule has 1 aromatic rings. The zero-order valence-corrected chi connectivity index (χ0v) is 14.7. The molecular formula is C18H27N5O. The van der Waals surface area contributed by atoms with Gasteiger partial charge in [-0.2, -0.15) is 5.26 Å². The minimum atomic E-state index is -0.122. The van der Waals surface area contributed by atoms with E-state index in [1.165, 1.54) is 0 Å².